The lowest BCUT2D eigenvalue weighted by molar-refractivity contribution is -0.113. The average Bonchev–Trinajstić information content (AvgIpc) is 3.21. The highest BCUT2D eigenvalue weighted by Gasteiger charge is 2.27. The Bertz CT molecular complexity index is 1050. The summed E-state index contributed by atoms with van der Waals surface area (Å²) >= 11 is 1.24. The van der Waals surface area contributed by atoms with Gasteiger partial charge >= 0.3 is 0 Å². The van der Waals surface area contributed by atoms with Crippen LogP contribution in [0.2, 0.25) is 0 Å². The summed E-state index contributed by atoms with van der Waals surface area (Å²) in [5.74, 6) is 0.204. The van der Waals surface area contributed by atoms with Crippen LogP contribution in [0.5, 0.6) is 5.75 Å². The van der Waals surface area contributed by atoms with Gasteiger partial charge in [0.1, 0.15) is 12.1 Å². The van der Waals surface area contributed by atoms with Crippen molar-refractivity contribution in [2.24, 2.45) is 0 Å². The number of carbonyl (C=O) groups excluding carboxylic acids is 1. The third kappa shape index (κ3) is 6.11. The number of nitrogens with one attached hydrogen (secondary N) is 1. The van der Waals surface area contributed by atoms with E-state index in [1.165, 1.54) is 28.2 Å². The van der Waals surface area contributed by atoms with Crippen molar-refractivity contribution >= 4 is 33.4 Å². The van der Waals surface area contributed by atoms with Gasteiger partial charge in [-0.3, -0.25) is 4.79 Å². The number of carbonyl (C=O) groups is 1. The molecule has 1 aliphatic rings. The van der Waals surface area contributed by atoms with Crippen LogP contribution in [-0.4, -0.2) is 58.3 Å². The van der Waals surface area contributed by atoms with Crippen LogP contribution in [0.3, 0.4) is 0 Å². The zero-order valence-corrected chi connectivity index (χ0v) is 20.0. The predicted molar refractivity (Wildman–Crippen MR) is 124 cm³/mol. The molecule has 3 rings (SSSR count). The van der Waals surface area contributed by atoms with Gasteiger partial charge in [-0.25, -0.2) is 8.42 Å². The molecule has 0 spiro atoms. The fourth-order valence-corrected chi connectivity index (χ4v) is 5.58. The van der Waals surface area contributed by atoms with Crippen LogP contribution in [0.15, 0.2) is 47.2 Å². The first-order valence-corrected chi connectivity index (χ1v) is 13.0. The molecule has 0 unspecified atom stereocenters. The van der Waals surface area contributed by atoms with Crippen LogP contribution >= 0.6 is 11.8 Å². The zero-order valence-electron chi connectivity index (χ0n) is 18.4. The topological polar surface area (TPSA) is 106 Å². The van der Waals surface area contributed by atoms with Crippen molar-refractivity contribution in [3.63, 3.8) is 0 Å². The fraction of sp³-hybridized carbons (Fsp3) is 0.476. The normalized spacial score (nSPS) is 15.0. The van der Waals surface area contributed by atoms with Crippen molar-refractivity contribution in [1.29, 1.82) is 0 Å². The minimum atomic E-state index is -3.63. The van der Waals surface area contributed by atoms with Crippen LogP contribution < -0.4 is 10.1 Å². The molecule has 0 saturated carbocycles. The van der Waals surface area contributed by atoms with Crippen molar-refractivity contribution in [2.45, 2.75) is 55.8 Å². The van der Waals surface area contributed by atoms with Gasteiger partial charge in [-0.1, -0.05) is 24.3 Å². The van der Waals surface area contributed by atoms with Gasteiger partial charge in [0, 0.05) is 19.6 Å². The number of nitrogens with zero attached hydrogens (tertiary/aromatic N) is 4. The third-order valence-electron chi connectivity index (χ3n) is 4.78. The number of sulfonamides is 1. The highest BCUT2D eigenvalue weighted by molar-refractivity contribution is 7.99. The standard InChI is InChI=1S/C21H29N5O4S2/c1-4-10-25-15-22-24-21(25)31-14-20(27)23-18-13-17(8-9-19(18)30-16(2)3)32(28,29)26-11-6-5-7-12-26/h4,8-9,13,15-16H,1,5-7,10-12,14H2,2-3H3,(H,23,27). The molecular weight excluding hydrogens is 450 g/mol. The molecule has 1 amide bonds. The number of ether oxygens (including phenoxy) is 1. The molecule has 1 fully saturated rings. The van der Waals surface area contributed by atoms with E-state index in [0.717, 1.165) is 19.3 Å². The molecule has 0 atom stereocenters. The summed E-state index contributed by atoms with van der Waals surface area (Å²) < 4.78 is 35.2. The molecule has 0 radical (unpaired) electrons. The number of benzene rings is 1. The third-order valence-corrected chi connectivity index (χ3v) is 7.65. The summed E-state index contributed by atoms with van der Waals surface area (Å²) in [5, 5.41) is 11.3. The Morgan fingerprint density at radius 1 is 1.31 bits per heavy atom. The zero-order chi connectivity index (χ0) is 23.1. The Morgan fingerprint density at radius 3 is 2.75 bits per heavy atom. The lowest BCUT2D eigenvalue weighted by Crippen LogP contribution is -2.35. The maximum absolute atomic E-state index is 13.1. The summed E-state index contributed by atoms with van der Waals surface area (Å²) in [6.45, 7) is 8.99. The lowest BCUT2D eigenvalue weighted by atomic mass is 10.2. The van der Waals surface area contributed by atoms with Gasteiger partial charge in [0.2, 0.25) is 15.9 Å². The summed E-state index contributed by atoms with van der Waals surface area (Å²) in [6, 6.07) is 4.61. The number of thioether (sulfide) groups is 1. The van der Waals surface area contributed by atoms with Crippen LogP contribution in [0.25, 0.3) is 0 Å². The van der Waals surface area contributed by atoms with E-state index in [1.807, 2.05) is 13.8 Å². The fourth-order valence-electron chi connectivity index (χ4n) is 3.32. The molecule has 1 N–H and O–H groups in total. The smallest absolute Gasteiger partial charge is 0.243 e. The largest absolute Gasteiger partial charge is 0.489 e. The van der Waals surface area contributed by atoms with Gasteiger partial charge in [0.25, 0.3) is 0 Å². The Kier molecular flexibility index (Phi) is 8.32. The number of amides is 1. The number of rotatable bonds is 10. The maximum atomic E-state index is 13.1. The van der Waals surface area contributed by atoms with Gasteiger partial charge in [0.05, 0.1) is 22.4 Å². The second kappa shape index (κ2) is 11.0. The molecule has 174 valence electrons. The Morgan fingerprint density at radius 2 is 2.06 bits per heavy atom. The molecule has 2 heterocycles. The molecule has 0 bridgehead atoms. The lowest BCUT2D eigenvalue weighted by Gasteiger charge is -2.26. The van der Waals surface area contributed by atoms with E-state index < -0.39 is 10.0 Å². The van der Waals surface area contributed by atoms with E-state index in [-0.39, 0.29) is 22.7 Å². The molecule has 9 nitrogen and oxygen atoms in total. The Labute approximate surface area is 193 Å². The molecular formula is C21H29N5O4S2. The number of aromatic nitrogens is 3. The van der Waals surface area contributed by atoms with E-state index in [0.29, 0.717) is 36.2 Å². The molecule has 1 aromatic carbocycles. The average molecular weight is 480 g/mol. The van der Waals surface area contributed by atoms with E-state index in [4.69, 9.17) is 4.74 Å². The van der Waals surface area contributed by atoms with Gasteiger partial charge in [-0.15, -0.1) is 16.8 Å². The highest BCUT2D eigenvalue weighted by atomic mass is 32.2. The minimum Gasteiger partial charge on any atom is -0.489 e. The SMILES string of the molecule is C=CCn1cnnc1SCC(=O)Nc1cc(S(=O)(=O)N2CCCCC2)ccc1OC(C)C. The molecule has 2 aromatic rings. The number of allylic oxidation sites excluding steroid dienone is 1. The minimum absolute atomic E-state index is 0.0834. The summed E-state index contributed by atoms with van der Waals surface area (Å²) in [7, 11) is -3.63. The molecule has 0 aliphatic carbocycles. The van der Waals surface area contributed by atoms with Gasteiger partial charge in [-0.2, -0.15) is 4.31 Å². The number of anilines is 1. The molecule has 1 aliphatic heterocycles. The first-order chi connectivity index (χ1) is 15.3. The van der Waals surface area contributed by atoms with Gasteiger partial charge < -0.3 is 14.6 Å². The van der Waals surface area contributed by atoms with Crippen molar-refractivity contribution in [3.05, 3.63) is 37.2 Å². The number of hydrogen-bond acceptors (Lipinski definition) is 7. The van der Waals surface area contributed by atoms with Crippen LogP contribution in [-0.2, 0) is 21.4 Å². The van der Waals surface area contributed by atoms with E-state index in [9.17, 15) is 13.2 Å². The summed E-state index contributed by atoms with van der Waals surface area (Å²) in [6.07, 6.45) is 5.90. The van der Waals surface area contributed by atoms with E-state index >= 15 is 0 Å². The Hall–Kier alpha value is -2.37. The maximum Gasteiger partial charge on any atom is 0.243 e. The van der Waals surface area contributed by atoms with Crippen LogP contribution in [0.1, 0.15) is 33.1 Å². The van der Waals surface area contributed by atoms with Crippen molar-refractivity contribution < 1.29 is 17.9 Å². The number of hydrogen-bond donors (Lipinski definition) is 1. The van der Waals surface area contributed by atoms with Crippen LogP contribution in [0, 0.1) is 0 Å². The quantitative estimate of drug-likeness (QED) is 0.412. The highest BCUT2D eigenvalue weighted by Crippen LogP contribution is 2.31. The summed E-state index contributed by atoms with van der Waals surface area (Å²) in [5.41, 5.74) is 0.329. The molecule has 11 heteroatoms. The second-order valence-electron chi connectivity index (χ2n) is 7.68. The van der Waals surface area contributed by atoms with Crippen molar-refractivity contribution in [3.8, 4) is 5.75 Å². The van der Waals surface area contributed by atoms with Crippen molar-refractivity contribution in [2.75, 3.05) is 24.2 Å². The van der Waals surface area contributed by atoms with E-state index in [1.54, 1.807) is 23.0 Å². The first kappa shape index (κ1) is 24.3. The van der Waals surface area contributed by atoms with E-state index in [2.05, 4.69) is 22.1 Å². The number of piperidine rings is 1. The Balaban J connectivity index is 1.78. The monoisotopic (exact) mass is 479 g/mol. The molecule has 32 heavy (non-hydrogen) atoms. The molecule has 1 aromatic heterocycles. The summed E-state index contributed by atoms with van der Waals surface area (Å²) in [4.78, 5) is 12.8. The second-order valence-corrected chi connectivity index (χ2v) is 10.6. The first-order valence-electron chi connectivity index (χ1n) is 10.5. The van der Waals surface area contributed by atoms with Gasteiger partial charge in [-0.05, 0) is 44.9 Å². The molecule has 1 saturated heterocycles. The van der Waals surface area contributed by atoms with Crippen molar-refractivity contribution in [1.82, 2.24) is 19.1 Å². The van der Waals surface area contributed by atoms with Gasteiger partial charge in [0.15, 0.2) is 5.16 Å². The predicted octanol–water partition coefficient (Wildman–Crippen LogP) is 3.16. The van der Waals surface area contributed by atoms with Crippen LogP contribution in [0.4, 0.5) is 5.69 Å².